The summed E-state index contributed by atoms with van der Waals surface area (Å²) < 4.78 is 18.7. The first kappa shape index (κ1) is 13.4. The molecule has 0 radical (unpaired) electrons. The maximum Gasteiger partial charge on any atom is 0.134 e. The number of hydrogen-bond donors (Lipinski definition) is 0. The van der Waals surface area contributed by atoms with E-state index in [2.05, 4.69) is 20.8 Å². The number of fused-ring (bicyclic) bond motifs is 1. The largest absolute Gasteiger partial charge is 0.461 e. The first-order valence-corrected chi connectivity index (χ1v) is 6.62. The number of alkyl halides is 1. The fourth-order valence-corrected chi connectivity index (χ4v) is 2.00. The molecule has 0 aliphatic heterocycles. The van der Waals surface area contributed by atoms with Gasteiger partial charge in [-0.05, 0) is 36.1 Å². The predicted molar refractivity (Wildman–Crippen MR) is 73.6 cm³/mol. The van der Waals surface area contributed by atoms with E-state index in [0.717, 1.165) is 29.6 Å². The molecular weight excluding hydrogens is 251 g/mol. The molecule has 0 aliphatic carbocycles. The molecule has 0 saturated heterocycles. The molecule has 1 nitrogen and oxygen atoms in total. The van der Waals surface area contributed by atoms with Crippen molar-refractivity contribution in [2.24, 2.45) is 5.41 Å². The van der Waals surface area contributed by atoms with E-state index in [4.69, 9.17) is 16.0 Å². The molecule has 1 atom stereocenters. The second kappa shape index (κ2) is 4.93. The van der Waals surface area contributed by atoms with Crippen molar-refractivity contribution in [2.45, 2.75) is 39.0 Å². The normalized spacial score (nSPS) is 14.1. The molecule has 1 heterocycles. The molecule has 0 fully saturated rings. The van der Waals surface area contributed by atoms with Crippen LogP contribution in [0.4, 0.5) is 4.39 Å². The fraction of sp³-hybridized carbons (Fsp3) is 0.467. The van der Waals surface area contributed by atoms with Crippen LogP contribution in [0.25, 0.3) is 11.0 Å². The third kappa shape index (κ3) is 3.05. The summed E-state index contributed by atoms with van der Waals surface area (Å²) in [5, 5.41) is 0.911. The molecule has 3 heteroatoms. The predicted octanol–water partition coefficient (Wildman–Crippen LogP) is 5.16. The van der Waals surface area contributed by atoms with Crippen LogP contribution in [0.2, 0.25) is 0 Å². The molecule has 1 aromatic heterocycles. The van der Waals surface area contributed by atoms with E-state index in [0.29, 0.717) is 0 Å². The van der Waals surface area contributed by atoms with E-state index < -0.39 is 0 Å². The van der Waals surface area contributed by atoms with Gasteiger partial charge in [0.1, 0.15) is 17.2 Å². The van der Waals surface area contributed by atoms with Crippen molar-refractivity contribution in [2.75, 3.05) is 0 Å². The molecule has 0 saturated carbocycles. The number of aryl methyl sites for hydroxylation is 1. The molecule has 0 bridgehead atoms. The third-order valence-corrected chi connectivity index (χ3v) is 3.99. The lowest BCUT2D eigenvalue weighted by atomic mass is 9.89. The number of benzene rings is 1. The van der Waals surface area contributed by atoms with Gasteiger partial charge < -0.3 is 4.42 Å². The summed E-state index contributed by atoms with van der Waals surface area (Å²) in [6.07, 6.45) is 1.63. The minimum Gasteiger partial charge on any atom is -0.461 e. The Morgan fingerprint density at radius 3 is 2.67 bits per heavy atom. The third-order valence-electron chi connectivity index (χ3n) is 3.11. The van der Waals surface area contributed by atoms with Gasteiger partial charge in [-0.3, -0.25) is 0 Å². The Morgan fingerprint density at radius 2 is 2.00 bits per heavy atom. The Morgan fingerprint density at radius 1 is 1.28 bits per heavy atom. The number of hydrogen-bond acceptors (Lipinski definition) is 1. The van der Waals surface area contributed by atoms with Crippen LogP contribution in [0.1, 0.15) is 33.0 Å². The van der Waals surface area contributed by atoms with Crippen molar-refractivity contribution < 1.29 is 8.81 Å². The second-order valence-corrected chi connectivity index (χ2v) is 6.29. The van der Waals surface area contributed by atoms with Crippen LogP contribution in [-0.4, -0.2) is 5.38 Å². The van der Waals surface area contributed by atoms with Crippen LogP contribution in [0.5, 0.6) is 0 Å². The van der Waals surface area contributed by atoms with E-state index in [9.17, 15) is 4.39 Å². The topological polar surface area (TPSA) is 13.1 Å². The molecule has 0 amide bonds. The van der Waals surface area contributed by atoms with Crippen LogP contribution in [0, 0.1) is 11.2 Å². The Bertz CT molecular complexity index is 539. The number of halogens is 2. The number of rotatable bonds is 3. The Labute approximate surface area is 112 Å². The molecule has 98 valence electrons. The van der Waals surface area contributed by atoms with Gasteiger partial charge in [-0.15, -0.1) is 11.6 Å². The highest BCUT2D eigenvalue weighted by Gasteiger charge is 2.22. The van der Waals surface area contributed by atoms with Crippen molar-refractivity contribution in [3.8, 4) is 0 Å². The summed E-state index contributed by atoms with van der Waals surface area (Å²) in [6, 6.07) is 6.46. The lowest BCUT2D eigenvalue weighted by Gasteiger charge is -2.24. The average Bonchev–Trinajstić information content (AvgIpc) is 2.66. The van der Waals surface area contributed by atoms with E-state index in [1.807, 2.05) is 6.07 Å². The second-order valence-electron chi connectivity index (χ2n) is 5.77. The van der Waals surface area contributed by atoms with Crippen LogP contribution in [0.3, 0.4) is 0 Å². The van der Waals surface area contributed by atoms with Crippen LogP contribution in [-0.2, 0) is 6.42 Å². The smallest absolute Gasteiger partial charge is 0.134 e. The van der Waals surface area contributed by atoms with Gasteiger partial charge in [0.15, 0.2) is 0 Å². The molecule has 0 spiro atoms. The first-order valence-electron chi connectivity index (χ1n) is 6.18. The summed E-state index contributed by atoms with van der Waals surface area (Å²) in [7, 11) is 0. The van der Waals surface area contributed by atoms with Gasteiger partial charge in [0, 0.05) is 17.2 Å². The Hall–Kier alpha value is -1.02. The van der Waals surface area contributed by atoms with Crippen LogP contribution >= 0.6 is 11.6 Å². The van der Waals surface area contributed by atoms with Gasteiger partial charge in [0.05, 0.1) is 0 Å². The average molecular weight is 269 g/mol. The van der Waals surface area contributed by atoms with Crippen LogP contribution in [0.15, 0.2) is 28.7 Å². The molecular formula is C15H18ClFO. The molecule has 2 aromatic rings. The molecule has 1 aromatic carbocycles. The highest BCUT2D eigenvalue weighted by Crippen LogP contribution is 2.29. The Balaban J connectivity index is 2.09. The quantitative estimate of drug-likeness (QED) is 0.701. The monoisotopic (exact) mass is 268 g/mol. The number of furan rings is 1. The van der Waals surface area contributed by atoms with Gasteiger partial charge in [-0.25, -0.2) is 4.39 Å². The van der Waals surface area contributed by atoms with E-state index >= 15 is 0 Å². The van der Waals surface area contributed by atoms with Gasteiger partial charge >= 0.3 is 0 Å². The van der Waals surface area contributed by atoms with Gasteiger partial charge in [-0.2, -0.15) is 0 Å². The molecule has 0 aliphatic rings. The zero-order valence-corrected chi connectivity index (χ0v) is 11.7. The molecule has 1 unspecified atom stereocenters. The lowest BCUT2D eigenvalue weighted by molar-refractivity contribution is 0.367. The van der Waals surface area contributed by atoms with Crippen molar-refractivity contribution >= 4 is 22.6 Å². The fourth-order valence-electron chi connectivity index (χ4n) is 1.89. The van der Waals surface area contributed by atoms with Crippen molar-refractivity contribution in [3.63, 3.8) is 0 Å². The van der Waals surface area contributed by atoms with Crippen molar-refractivity contribution in [1.29, 1.82) is 0 Å². The maximum absolute atomic E-state index is 13.1. The minimum absolute atomic E-state index is 0.0830. The Kier molecular flexibility index (Phi) is 3.67. The van der Waals surface area contributed by atoms with Crippen molar-refractivity contribution in [1.82, 2.24) is 0 Å². The van der Waals surface area contributed by atoms with Crippen LogP contribution < -0.4 is 0 Å². The first-order chi connectivity index (χ1) is 8.36. The minimum atomic E-state index is -0.236. The van der Waals surface area contributed by atoms with E-state index in [1.165, 1.54) is 12.1 Å². The zero-order chi connectivity index (χ0) is 13.3. The summed E-state index contributed by atoms with van der Waals surface area (Å²) in [5.41, 5.74) is 0.813. The summed E-state index contributed by atoms with van der Waals surface area (Å²) in [6.45, 7) is 6.37. The van der Waals surface area contributed by atoms with E-state index in [-0.39, 0.29) is 16.6 Å². The summed E-state index contributed by atoms with van der Waals surface area (Å²) in [4.78, 5) is 0. The lowest BCUT2D eigenvalue weighted by Crippen LogP contribution is -2.21. The zero-order valence-electron chi connectivity index (χ0n) is 11.0. The van der Waals surface area contributed by atoms with E-state index in [1.54, 1.807) is 6.07 Å². The van der Waals surface area contributed by atoms with Crippen molar-refractivity contribution in [3.05, 3.63) is 35.8 Å². The maximum atomic E-state index is 13.1. The SMILES string of the molecule is CC(C)(C)C(Cl)CCc1cc2cc(F)ccc2o1. The van der Waals surface area contributed by atoms with Gasteiger partial charge in [0.2, 0.25) is 0 Å². The highest BCUT2D eigenvalue weighted by molar-refractivity contribution is 6.21. The molecule has 2 rings (SSSR count). The van der Waals surface area contributed by atoms with Gasteiger partial charge in [0.25, 0.3) is 0 Å². The summed E-state index contributed by atoms with van der Waals surface area (Å²) >= 11 is 6.33. The highest BCUT2D eigenvalue weighted by atomic mass is 35.5. The summed E-state index contributed by atoms with van der Waals surface area (Å²) in [5.74, 6) is 0.630. The molecule has 0 N–H and O–H groups in total. The van der Waals surface area contributed by atoms with Gasteiger partial charge in [-0.1, -0.05) is 20.8 Å². The standard InChI is InChI=1S/C15H18ClFO/c1-15(2,3)14(16)7-5-12-9-10-8-11(17)4-6-13(10)18-12/h4,6,8-9,14H,5,7H2,1-3H3. The molecule has 18 heavy (non-hydrogen) atoms.